The lowest BCUT2D eigenvalue weighted by Crippen LogP contribution is -2.35. The first kappa shape index (κ1) is 21.1. The van der Waals surface area contributed by atoms with Gasteiger partial charge >= 0.3 is 5.97 Å². The smallest absolute Gasteiger partial charge is 0.338 e. The summed E-state index contributed by atoms with van der Waals surface area (Å²) in [6, 6.07) is 11.3. The van der Waals surface area contributed by atoms with Crippen LogP contribution in [0.25, 0.3) is 0 Å². The van der Waals surface area contributed by atoms with E-state index in [1.54, 1.807) is 30.3 Å². The Kier molecular flexibility index (Phi) is 6.76. The summed E-state index contributed by atoms with van der Waals surface area (Å²) in [4.78, 5) is 12.6. The monoisotopic (exact) mass is 419 g/mol. The van der Waals surface area contributed by atoms with Gasteiger partial charge in [-0.05, 0) is 37.1 Å². The van der Waals surface area contributed by atoms with E-state index in [2.05, 4.69) is 0 Å². The third-order valence-corrected chi connectivity index (χ3v) is 6.76. The Morgan fingerprint density at radius 2 is 1.72 bits per heavy atom. The number of piperidine rings is 1. The maximum atomic E-state index is 12.8. The molecule has 0 saturated carbocycles. The topological polar surface area (TPSA) is 82.1 Å². The molecule has 29 heavy (non-hydrogen) atoms. The minimum absolute atomic E-state index is 0.0255. The van der Waals surface area contributed by atoms with Crippen molar-refractivity contribution in [3.05, 3.63) is 53.6 Å². The molecule has 1 aliphatic heterocycles. The van der Waals surface area contributed by atoms with Gasteiger partial charge in [0.15, 0.2) is 11.5 Å². The maximum absolute atomic E-state index is 12.8. The lowest BCUT2D eigenvalue weighted by molar-refractivity contribution is 0.0469. The van der Waals surface area contributed by atoms with E-state index in [9.17, 15) is 13.2 Å². The summed E-state index contributed by atoms with van der Waals surface area (Å²) in [5.74, 6) is 0.422. The average molecular weight is 419 g/mol. The third kappa shape index (κ3) is 4.71. The molecule has 0 amide bonds. The molecule has 7 nitrogen and oxygen atoms in total. The van der Waals surface area contributed by atoms with Crippen LogP contribution in [0.3, 0.4) is 0 Å². The van der Waals surface area contributed by atoms with Crippen LogP contribution >= 0.6 is 0 Å². The predicted molar refractivity (Wildman–Crippen MR) is 108 cm³/mol. The second kappa shape index (κ2) is 9.28. The number of ether oxygens (including phenoxy) is 3. The van der Waals surface area contributed by atoms with Gasteiger partial charge in [-0.1, -0.05) is 24.6 Å². The minimum atomic E-state index is -3.62. The number of nitrogens with zero attached hydrogens (tertiary/aromatic N) is 1. The zero-order valence-electron chi connectivity index (χ0n) is 16.6. The third-order valence-electron chi connectivity index (χ3n) is 4.87. The van der Waals surface area contributed by atoms with Gasteiger partial charge in [0, 0.05) is 18.7 Å². The Bertz CT molecular complexity index is 967. The highest BCUT2D eigenvalue weighted by molar-refractivity contribution is 7.89. The van der Waals surface area contributed by atoms with Crippen molar-refractivity contribution in [3.63, 3.8) is 0 Å². The Balaban J connectivity index is 1.75. The highest BCUT2D eigenvalue weighted by Gasteiger charge is 2.26. The van der Waals surface area contributed by atoms with Crippen LogP contribution in [0.5, 0.6) is 11.5 Å². The standard InChI is InChI=1S/C21H25NO6S/c1-26-19-11-7-9-17(20(19)27-2)15-28-21(23)16-8-6-10-18(14-16)29(24,25)22-12-4-3-5-13-22/h6-11,14H,3-5,12-13,15H2,1-2H3. The largest absolute Gasteiger partial charge is 0.493 e. The summed E-state index contributed by atoms with van der Waals surface area (Å²) in [6.07, 6.45) is 2.73. The van der Waals surface area contributed by atoms with E-state index in [1.807, 2.05) is 0 Å². The van der Waals surface area contributed by atoms with Gasteiger partial charge in [-0.3, -0.25) is 0 Å². The first-order valence-corrected chi connectivity index (χ1v) is 10.9. The molecule has 8 heteroatoms. The van der Waals surface area contributed by atoms with Crippen molar-refractivity contribution in [2.45, 2.75) is 30.8 Å². The van der Waals surface area contributed by atoms with E-state index in [4.69, 9.17) is 14.2 Å². The second-order valence-electron chi connectivity index (χ2n) is 6.72. The fourth-order valence-corrected chi connectivity index (χ4v) is 4.90. The Morgan fingerprint density at radius 1 is 1.00 bits per heavy atom. The zero-order chi connectivity index (χ0) is 20.9. The van der Waals surface area contributed by atoms with Crippen LogP contribution in [0, 0.1) is 0 Å². The van der Waals surface area contributed by atoms with E-state index >= 15 is 0 Å². The molecule has 0 spiro atoms. The van der Waals surface area contributed by atoms with Crippen LogP contribution in [0.1, 0.15) is 35.2 Å². The summed E-state index contributed by atoms with van der Waals surface area (Å²) in [5.41, 5.74) is 0.835. The van der Waals surface area contributed by atoms with E-state index in [1.165, 1.54) is 30.7 Å². The van der Waals surface area contributed by atoms with Gasteiger partial charge in [0.05, 0.1) is 24.7 Å². The zero-order valence-corrected chi connectivity index (χ0v) is 17.4. The van der Waals surface area contributed by atoms with Crippen LogP contribution in [0.15, 0.2) is 47.4 Å². The van der Waals surface area contributed by atoms with Crippen molar-refractivity contribution < 1.29 is 27.4 Å². The quantitative estimate of drug-likeness (QED) is 0.641. The van der Waals surface area contributed by atoms with Gasteiger partial charge in [-0.15, -0.1) is 0 Å². The second-order valence-corrected chi connectivity index (χ2v) is 8.66. The number of hydrogen-bond acceptors (Lipinski definition) is 6. The number of methoxy groups -OCH3 is 2. The number of hydrogen-bond donors (Lipinski definition) is 0. The number of carbonyl (C=O) groups is 1. The lowest BCUT2D eigenvalue weighted by atomic mass is 10.2. The molecule has 0 unspecified atom stereocenters. The fourth-order valence-electron chi connectivity index (χ4n) is 3.33. The van der Waals surface area contributed by atoms with Crippen molar-refractivity contribution in [2.75, 3.05) is 27.3 Å². The molecular weight excluding hydrogens is 394 g/mol. The van der Waals surface area contributed by atoms with Gasteiger partial charge < -0.3 is 14.2 Å². The lowest BCUT2D eigenvalue weighted by Gasteiger charge is -2.25. The van der Waals surface area contributed by atoms with Crippen molar-refractivity contribution in [3.8, 4) is 11.5 Å². The summed E-state index contributed by atoms with van der Waals surface area (Å²) in [5, 5.41) is 0. The minimum Gasteiger partial charge on any atom is -0.493 e. The molecule has 1 aliphatic rings. The van der Waals surface area contributed by atoms with Crippen LogP contribution < -0.4 is 9.47 Å². The number of rotatable bonds is 7. The Morgan fingerprint density at radius 3 is 2.41 bits per heavy atom. The number of benzene rings is 2. The summed E-state index contributed by atoms with van der Waals surface area (Å²) in [7, 11) is -0.574. The van der Waals surface area contributed by atoms with Crippen LogP contribution in [-0.4, -0.2) is 46.0 Å². The van der Waals surface area contributed by atoms with E-state index < -0.39 is 16.0 Å². The SMILES string of the molecule is COc1cccc(COC(=O)c2cccc(S(=O)(=O)N3CCCCC3)c2)c1OC. The highest BCUT2D eigenvalue weighted by Crippen LogP contribution is 2.31. The van der Waals surface area contributed by atoms with Crippen molar-refractivity contribution in [2.24, 2.45) is 0 Å². The number of carbonyl (C=O) groups excluding carboxylic acids is 1. The molecule has 0 atom stereocenters. The summed E-state index contributed by atoms with van der Waals surface area (Å²) < 4.78 is 43.1. The van der Waals surface area contributed by atoms with Gasteiger partial charge in [-0.2, -0.15) is 4.31 Å². The number of esters is 1. The van der Waals surface area contributed by atoms with Crippen molar-refractivity contribution in [1.82, 2.24) is 4.31 Å². The van der Waals surface area contributed by atoms with Gasteiger partial charge in [-0.25, -0.2) is 13.2 Å². The van der Waals surface area contributed by atoms with E-state index in [-0.39, 0.29) is 17.1 Å². The van der Waals surface area contributed by atoms with Gasteiger partial charge in [0.2, 0.25) is 10.0 Å². The molecule has 3 rings (SSSR count). The highest BCUT2D eigenvalue weighted by atomic mass is 32.2. The normalized spacial score (nSPS) is 15.0. The Hall–Kier alpha value is -2.58. The predicted octanol–water partition coefficient (Wildman–Crippen LogP) is 3.24. The number of para-hydroxylation sites is 1. The Labute approximate surface area is 171 Å². The molecule has 1 heterocycles. The van der Waals surface area contributed by atoms with Crippen molar-refractivity contribution >= 4 is 16.0 Å². The van der Waals surface area contributed by atoms with E-state index in [0.717, 1.165) is 19.3 Å². The molecule has 0 radical (unpaired) electrons. The summed E-state index contributed by atoms with van der Waals surface area (Å²) >= 11 is 0. The van der Waals surface area contributed by atoms with Crippen LogP contribution in [-0.2, 0) is 21.4 Å². The fraction of sp³-hybridized carbons (Fsp3) is 0.381. The maximum Gasteiger partial charge on any atom is 0.338 e. The molecule has 0 N–H and O–H groups in total. The van der Waals surface area contributed by atoms with Crippen LogP contribution in [0.4, 0.5) is 0 Å². The average Bonchev–Trinajstić information content (AvgIpc) is 2.77. The van der Waals surface area contributed by atoms with Crippen molar-refractivity contribution in [1.29, 1.82) is 0 Å². The summed E-state index contributed by atoms with van der Waals surface area (Å²) in [6.45, 7) is 0.988. The molecule has 1 fully saturated rings. The molecule has 0 aliphatic carbocycles. The molecular formula is C21H25NO6S. The molecule has 2 aromatic rings. The van der Waals surface area contributed by atoms with Gasteiger partial charge in [0.1, 0.15) is 6.61 Å². The molecule has 156 valence electrons. The van der Waals surface area contributed by atoms with E-state index in [0.29, 0.717) is 30.2 Å². The van der Waals surface area contributed by atoms with Crippen LogP contribution in [0.2, 0.25) is 0 Å². The molecule has 0 aromatic heterocycles. The molecule has 0 bridgehead atoms. The molecule has 1 saturated heterocycles. The molecule has 2 aromatic carbocycles. The number of sulfonamides is 1. The van der Waals surface area contributed by atoms with Gasteiger partial charge in [0.25, 0.3) is 0 Å². The first-order valence-electron chi connectivity index (χ1n) is 9.44. The first-order chi connectivity index (χ1) is 14.0.